The van der Waals surface area contributed by atoms with Crippen molar-refractivity contribution >= 4 is 15.7 Å². The lowest BCUT2D eigenvalue weighted by atomic mass is 10.1. The van der Waals surface area contributed by atoms with Gasteiger partial charge in [0.15, 0.2) is 9.84 Å². The molecule has 0 unspecified atom stereocenters. The normalized spacial score (nSPS) is 20.6. The lowest BCUT2D eigenvalue weighted by molar-refractivity contribution is 0.0712. The summed E-state index contributed by atoms with van der Waals surface area (Å²) in [5.74, 6) is -0.215. The molecule has 1 aromatic rings. The van der Waals surface area contributed by atoms with Crippen LogP contribution >= 0.6 is 0 Å². The molecular formula is C14H19NO4S. The van der Waals surface area contributed by atoms with E-state index in [0.717, 1.165) is 25.7 Å². The number of amides is 1. The predicted octanol–water partition coefficient (Wildman–Crippen LogP) is 1.39. The van der Waals surface area contributed by atoms with Crippen LogP contribution in [0.1, 0.15) is 30.1 Å². The first-order chi connectivity index (χ1) is 9.38. The van der Waals surface area contributed by atoms with Crippen LogP contribution in [0.4, 0.5) is 0 Å². The van der Waals surface area contributed by atoms with Gasteiger partial charge in [-0.05, 0) is 44.0 Å². The summed E-state index contributed by atoms with van der Waals surface area (Å²) in [4.78, 5) is 12.3. The third-order valence-corrected chi connectivity index (χ3v) is 4.55. The third kappa shape index (κ3) is 3.58. The zero-order chi connectivity index (χ0) is 14.8. The molecule has 6 heteroatoms. The van der Waals surface area contributed by atoms with Crippen LogP contribution in [0, 0.1) is 0 Å². The van der Waals surface area contributed by atoms with Crippen molar-refractivity contribution in [2.75, 3.05) is 12.9 Å². The second kappa shape index (κ2) is 5.93. The van der Waals surface area contributed by atoms with Crippen molar-refractivity contribution in [3.05, 3.63) is 29.8 Å². The van der Waals surface area contributed by atoms with Crippen molar-refractivity contribution in [1.29, 1.82) is 0 Å². The van der Waals surface area contributed by atoms with Crippen molar-refractivity contribution in [2.24, 2.45) is 0 Å². The quantitative estimate of drug-likeness (QED) is 0.911. The van der Waals surface area contributed by atoms with Gasteiger partial charge in [0.1, 0.15) is 0 Å². The van der Waals surface area contributed by atoms with E-state index in [2.05, 4.69) is 5.32 Å². The van der Waals surface area contributed by atoms with Crippen molar-refractivity contribution in [1.82, 2.24) is 5.32 Å². The van der Waals surface area contributed by atoms with Gasteiger partial charge >= 0.3 is 0 Å². The zero-order valence-electron chi connectivity index (χ0n) is 11.6. The Labute approximate surface area is 119 Å². The predicted molar refractivity (Wildman–Crippen MR) is 75.5 cm³/mol. The maximum atomic E-state index is 12.1. The summed E-state index contributed by atoms with van der Waals surface area (Å²) in [7, 11) is -3.23. The monoisotopic (exact) mass is 297 g/mol. The Bertz CT molecular complexity index is 574. The number of rotatable bonds is 4. The number of benzene rings is 1. The largest absolute Gasteiger partial charge is 0.376 e. The molecule has 0 radical (unpaired) electrons. The van der Waals surface area contributed by atoms with E-state index >= 15 is 0 Å². The Morgan fingerprint density at radius 1 is 1.35 bits per heavy atom. The highest BCUT2D eigenvalue weighted by atomic mass is 32.2. The van der Waals surface area contributed by atoms with E-state index in [9.17, 15) is 13.2 Å². The van der Waals surface area contributed by atoms with Gasteiger partial charge in [-0.15, -0.1) is 0 Å². The van der Waals surface area contributed by atoms with Crippen LogP contribution in [0.5, 0.6) is 0 Å². The highest BCUT2D eigenvalue weighted by molar-refractivity contribution is 7.90. The number of sulfone groups is 1. The minimum atomic E-state index is -3.23. The number of hydrogen-bond acceptors (Lipinski definition) is 4. The molecule has 2 rings (SSSR count). The average molecular weight is 297 g/mol. The zero-order valence-corrected chi connectivity index (χ0v) is 12.4. The van der Waals surface area contributed by atoms with Crippen LogP contribution < -0.4 is 5.32 Å². The van der Waals surface area contributed by atoms with Crippen LogP contribution in [0.3, 0.4) is 0 Å². The Morgan fingerprint density at radius 2 is 2.00 bits per heavy atom. The van der Waals surface area contributed by atoms with Gasteiger partial charge in [0.05, 0.1) is 17.0 Å². The molecule has 0 aromatic heterocycles. The Balaban J connectivity index is 2.02. The van der Waals surface area contributed by atoms with Crippen molar-refractivity contribution in [2.45, 2.75) is 36.8 Å². The van der Waals surface area contributed by atoms with Crippen LogP contribution in [0.15, 0.2) is 29.2 Å². The van der Waals surface area contributed by atoms with Crippen LogP contribution in [0.2, 0.25) is 0 Å². The number of ether oxygens (including phenoxy) is 1. The smallest absolute Gasteiger partial charge is 0.251 e. The fourth-order valence-electron chi connectivity index (χ4n) is 2.23. The molecule has 1 saturated heterocycles. The number of carbonyl (C=O) groups is 1. The van der Waals surface area contributed by atoms with E-state index in [1.54, 1.807) is 0 Å². The van der Waals surface area contributed by atoms with E-state index < -0.39 is 9.84 Å². The minimum absolute atomic E-state index is 0.0559. The highest BCUT2D eigenvalue weighted by Gasteiger charge is 2.24. The number of nitrogens with one attached hydrogen (secondary N) is 1. The van der Waals surface area contributed by atoms with Gasteiger partial charge in [0, 0.05) is 18.4 Å². The van der Waals surface area contributed by atoms with E-state index in [1.807, 2.05) is 6.92 Å². The molecule has 1 heterocycles. The summed E-state index contributed by atoms with van der Waals surface area (Å²) < 4.78 is 28.2. The molecule has 1 aliphatic heterocycles. The molecule has 1 aliphatic rings. The minimum Gasteiger partial charge on any atom is -0.376 e. The fraction of sp³-hybridized carbons (Fsp3) is 0.500. The Kier molecular flexibility index (Phi) is 4.45. The maximum absolute atomic E-state index is 12.1. The van der Waals surface area contributed by atoms with Crippen molar-refractivity contribution < 1.29 is 17.9 Å². The summed E-state index contributed by atoms with van der Waals surface area (Å²) in [6.07, 6.45) is 3.18. The van der Waals surface area contributed by atoms with E-state index in [0.29, 0.717) is 5.56 Å². The first kappa shape index (κ1) is 15.0. The standard InChI is InChI=1S/C14H19NO4S/c1-10(13-4-3-9-19-13)15-14(16)11-5-7-12(8-6-11)20(2,17)18/h5-8,10,13H,3-4,9H2,1-2H3,(H,15,16)/t10-,13-/m1/s1. The molecule has 110 valence electrons. The summed E-state index contributed by atoms with van der Waals surface area (Å²) >= 11 is 0. The first-order valence-electron chi connectivity index (χ1n) is 6.60. The molecular weight excluding hydrogens is 278 g/mol. The fourth-order valence-corrected chi connectivity index (χ4v) is 2.86. The number of carbonyl (C=O) groups excluding carboxylic acids is 1. The number of hydrogen-bond donors (Lipinski definition) is 1. The Morgan fingerprint density at radius 3 is 2.50 bits per heavy atom. The molecule has 1 amide bonds. The third-order valence-electron chi connectivity index (χ3n) is 3.43. The van der Waals surface area contributed by atoms with E-state index in [1.165, 1.54) is 24.3 Å². The molecule has 0 bridgehead atoms. The van der Waals surface area contributed by atoms with Gasteiger partial charge in [0.25, 0.3) is 5.91 Å². The summed E-state index contributed by atoms with van der Waals surface area (Å²) in [6.45, 7) is 2.66. The maximum Gasteiger partial charge on any atom is 0.251 e. The molecule has 1 aromatic carbocycles. The summed E-state index contributed by atoms with van der Waals surface area (Å²) in [5.41, 5.74) is 0.447. The molecule has 0 saturated carbocycles. The van der Waals surface area contributed by atoms with Crippen LogP contribution in [-0.4, -0.2) is 39.3 Å². The van der Waals surface area contributed by atoms with Gasteiger partial charge in [-0.2, -0.15) is 0 Å². The SMILES string of the molecule is C[C@@H](NC(=O)c1ccc(S(C)(=O)=O)cc1)[C@H]1CCCO1. The highest BCUT2D eigenvalue weighted by Crippen LogP contribution is 2.16. The van der Waals surface area contributed by atoms with Gasteiger partial charge in [-0.1, -0.05) is 0 Å². The lowest BCUT2D eigenvalue weighted by Crippen LogP contribution is -2.40. The van der Waals surface area contributed by atoms with Crippen LogP contribution in [0.25, 0.3) is 0 Å². The first-order valence-corrected chi connectivity index (χ1v) is 8.49. The summed E-state index contributed by atoms with van der Waals surface area (Å²) in [5, 5.41) is 2.88. The van der Waals surface area contributed by atoms with Crippen molar-refractivity contribution in [3.8, 4) is 0 Å². The summed E-state index contributed by atoms with van der Waals surface area (Å²) in [6, 6.07) is 5.88. The van der Waals surface area contributed by atoms with E-state index in [4.69, 9.17) is 4.74 Å². The van der Waals surface area contributed by atoms with Gasteiger partial charge < -0.3 is 10.1 Å². The second-order valence-corrected chi connectivity index (χ2v) is 7.13. The molecule has 0 spiro atoms. The van der Waals surface area contributed by atoms with Crippen molar-refractivity contribution in [3.63, 3.8) is 0 Å². The van der Waals surface area contributed by atoms with Crippen LogP contribution in [-0.2, 0) is 14.6 Å². The van der Waals surface area contributed by atoms with Gasteiger partial charge in [-0.3, -0.25) is 4.79 Å². The topological polar surface area (TPSA) is 72.5 Å². The van der Waals surface area contributed by atoms with Gasteiger partial charge in [0.2, 0.25) is 0 Å². The van der Waals surface area contributed by atoms with E-state index in [-0.39, 0.29) is 22.9 Å². The molecule has 5 nitrogen and oxygen atoms in total. The second-order valence-electron chi connectivity index (χ2n) is 5.11. The van der Waals surface area contributed by atoms with Gasteiger partial charge in [-0.25, -0.2) is 8.42 Å². The average Bonchev–Trinajstić information content (AvgIpc) is 2.91. The molecule has 20 heavy (non-hydrogen) atoms. The molecule has 0 aliphatic carbocycles. The Hall–Kier alpha value is -1.40. The lowest BCUT2D eigenvalue weighted by Gasteiger charge is -2.20. The molecule has 1 N–H and O–H groups in total. The molecule has 2 atom stereocenters. The molecule has 1 fully saturated rings.